The molecular weight excluding hydrogens is 369 g/mol. The summed E-state index contributed by atoms with van der Waals surface area (Å²) in [6.07, 6.45) is 3.50. The Labute approximate surface area is 159 Å². The van der Waals surface area contributed by atoms with Gasteiger partial charge in [-0.25, -0.2) is 14.1 Å². The standard InChI is InChI=1S/C19H16FN3O3S/c1-27-13-8-6-12(7-9-13)10-16-18(25)23(19(26)22-16)11-17(24)21-15-5-3-2-4-14(15)20/h2-10H,11H2,1H3,(H,21,24)(H,22,26)/b16-10+. The Hall–Kier alpha value is -3.13. The van der Waals surface area contributed by atoms with Crippen molar-refractivity contribution in [1.29, 1.82) is 0 Å². The number of halogens is 1. The van der Waals surface area contributed by atoms with Crippen LogP contribution in [0.5, 0.6) is 0 Å². The highest BCUT2D eigenvalue weighted by Gasteiger charge is 2.34. The Balaban J connectivity index is 1.69. The molecule has 4 amide bonds. The SMILES string of the molecule is CSc1ccc(/C=C2/NC(=O)N(CC(=O)Nc3ccccc3F)C2=O)cc1. The Morgan fingerprint density at radius 2 is 1.89 bits per heavy atom. The van der Waals surface area contributed by atoms with Gasteiger partial charge in [-0.2, -0.15) is 0 Å². The van der Waals surface area contributed by atoms with Gasteiger partial charge >= 0.3 is 6.03 Å². The molecule has 138 valence electrons. The quantitative estimate of drug-likeness (QED) is 0.471. The molecule has 2 N–H and O–H groups in total. The normalized spacial score (nSPS) is 15.2. The average molecular weight is 385 g/mol. The third-order valence-corrected chi connectivity index (χ3v) is 4.58. The zero-order valence-electron chi connectivity index (χ0n) is 14.4. The van der Waals surface area contributed by atoms with Gasteiger partial charge in [-0.3, -0.25) is 9.59 Å². The van der Waals surface area contributed by atoms with E-state index in [1.165, 1.54) is 18.2 Å². The van der Waals surface area contributed by atoms with E-state index in [1.54, 1.807) is 23.9 Å². The molecule has 0 saturated carbocycles. The molecule has 0 spiro atoms. The summed E-state index contributed by atoms with van der Waals surface area (Å²) in [5, 5.41) is 4.80. The monoisotopic (exact) mass is 385 g/mol. The number of hydrogen-bond acceptors (Lipinski definition) is 4. The van der Waals surface area contributed by atoms with E-state index >= 15 is 0 Å². The predicted octanol–water partition coefficient (Wildman–Crippen LogP) is 3.08. The fourth-order valence-corrected chi connectivity index (χ4v) is 2.89. The summed E-state index contributed by atoms with van der Waals surface area (Å²) < 4.78 is 13.6. The van der Waals surface area contributed by atoms with Crippen molar-refractivity contribution >= 4 is 41.4 Å². The minimum atomic E-state index is -0.698. The highest BCUT2D eigenvalue weighted by atomic mass is 32.2. The molecule has 8 heteroatoms. The minimum Gasteiger partial charge on any atom is -0.322 e. The molecule has 1 fully saturated rings. The Morgan fingerprint density at radius 1 is 1.19 bits per heavy atom. The van der Waals surface area contributed by atoms with Crippen LogP contribution < -0.4 is 10.6 Å². The molecule has 0 atom stereocenters. The topological polar surface area (TPSA) is 78.5 Å². The van der Waals surface area contributed by atoms with E-state index < -0.39 is 30.2 Å². The van der Waals surface area contributed by atoms with Crippen LogP contribution in [0.15, 0.2) is 59.1 Å². The molecule has 2 aromatic carbocycles. The van der Waals surface area contributed by atoms with Crippen LogP contribution in [0.3, 0.4) is 0 Å². The number of carbonyl (C=O) groups is 3. The number of nitrogens with zero attached hydrogens (tertiary/aromatic N) is 1. The van der Waals surface area contributed by atoms with Crippen molar-refractivity contribution < 1.29 is 18.8 Å². The van der Waals surface area contributed by atoms with Gasteiger partial charge in [0.15, 0.2) is 0 Å². The Kier molecular flexibility index (Phi) is 5.56. The van der Waals surface area contributed by atoms with Gasteiger partial charge in [0, 0.05) is 4.90 Å². The molecule has 0 unspecified atom stereocenters. The van der Waals surface area contributed by atoms with Crippen molar-refractivity contribution in [2.75, 3.05) is 18.1 Å². The molecule has 2 aromatic rings. The number of benzene rings is 2. The molecule has 0 aliphatic carbocycles. The Morgan fingerprint density at radius 3 is 2.56 bits per heavy atom. The maximum absolute atomic E-state index is 13.6. The third kappa shape index (κ3) is 4.35. The van der Waals surface area contributed by atoms with E-state index in [4.69, 9.17) is 0 Å². The number of amides is 4. The lowest BCUT2D eigenvalue weighted by atomic mass is 10.2. The number of imide groups is 1. The van der Waals surface area contributed by atoms with Gasteiger partial charge in [-0.1, -0.05) is 24.3 Å². The van der Waals surface area contributed by atoms with Gasteiger partial charge < -0.3 is 10.6 Å². The van der Waals surface area contributed by atoms with Crippen LogP contribution in [0.2, 0.25) is 0 Å². The smallest absolute Gasteiger partial charge is 0.322 e. The molecule has 6 nitrogen and oxygen atoms in total. The molecular formula is C19H16FN3O3S. The zero-order valence-corrected chi connectivity index (χ0v) is 15.2. The molecule has 1 aliphatic heterocycles. The van der Waals surface area contributed by atoms with Gasteiger partial charge in [-0.05, 0) is 42.2 Å². The van der Waals surface area contributed by atoms with Gasteiger partial charge in [0.05, 0.1) is 5.69 Å². The first-order valence-corrected chi connectivity index (χ1v) is 9.23. The molecule has 0 bridgehead atoms. The Bertz CT molecular complexity index is 928. The largest absolute Gasteiger partial charge is 0.329 e. The van der Waals surface area contributed by atoms with E-state index in [0.29, 0.717) is 0 Å². The van der Waals surface area contributed by atoms with Gasteiger partial charge in [0.2, 0.25) is 5.91 Å². The molecule has 27 heavy (non-hydrogen) atoms. The van der Waals surface area contributed by atoms with Gasteiger partial charge in [0.1, 0.15) is 18.1 Å². The number of rotatable bonds is 5. The van der Waals surface area contributed by atoms with Crippen LogP contribution in [-0.2, 0) is 9.59 Å². The summed E-state index contributed by atoms with van der Waals surface area (Å²) in [6.45, 7) is -0.512. The summed E-state index contributed by atoms with van der Waals surface area (Å²) in [5.41, 5.74) is 0.809. The summed E-state index contributed by atoms with van der Waals surface area (Å²) in [4.78, 5) is 38.4. The summed E-state index contributed by atoms with van der Waals surface area (Å²) >= 11 is 1.59. The maximum Gasteiger partial charge on any atom is 0.329 e. The van der Waals surface area contributed by atoms with E-state index in [1.807, 2.05) is 30.5 Å². The first-order chi connectivity index (χ1) is 13.0. The van der Waals surface area contributed by atoms with Crippen LogP contribution in [0.1, 0.15) is 5.56 Å². The van der Waals surface area contributed by atoms with Gasteiger partial charge in [-0.15, -0.1) is 11.8 Å². The molecule has 3 rings (SSSR count). The third-order valence-electron chi connectivity index (χ3n) is 3.84. The number of para-hydroxylation sites is 1. The molecule has 1 heterocycles. The highest BCUT2D eigenvalue weighted by molar-refractivity contribution is 7.98. The van der Waals surface area contributed by atoms with Crippen molar-refractivity contribution in [3.63, 3.8) is 0 Å². The van der Waals surface area contributed by atoms with Crippen molar-refractivity contribution in [3.05, 3.63) is 65.6 Å². The second-order valence-electron chi connectivity index (χ2n) is 5.68. The summed E-state index contributed by atoms with van der Waals surface area (Å²) in [6, 6.07) is 12.4. The fraction of sp³-hybridized carbons (Fsp3) is 0.105. The predicted molar refractivity (Wildman–Crippen MR) is 101 cm³/mol. The lowest BCUT2D eigenvalue weighted by molar-refractivity contribution is -0.127. The number of urea groups is 1. The lowest BCUT2D eigenvalue weighted by Gasteiger charge is -2.12. The van der Waals surface area contributed by atoms with Crippen molar-refractivity contribution in [3.8, 4) is 0 Å². The number of anilines is 1. The van der Waals surface area contributed by atoms with Crippen LogP contribution in [-0.4, -0.2) is 35.5 Å². The first-order valence-electron chi connectivity index (χ1n) is 8.01. The van der Waals surface area contributed by atoms with Crippen LogP contribution in [0, 0.1) is 5.82 Å². The number of thioether (sulfide) groups is 1. The molecule has 1 saturated heterocycles. The second kappa shape index (κ2) is 8.05. The number of carbonyl (C=O) groups excluding carboxylic acids is 3. The van der Waals surface area contributed by atoms with Crippen molar-refractivity contribution in [2.45, 2.75) is 4.90 Å². The van der Waals surface area contributed by atoms with Crippen molar-refractivity contribution in [1.82, 2.24) is 10.2 Å². The molecule has 1 aliphatic rings. The van der Waals surface area contributed by atoms with E-state index in [2.05, 4.69) is 10.6 Å². The fourth-order valence-electron chi connectivity index (χ4n) is 2.48. The first kappa shape index (κ1) is 18.7. The van der Waals surface area contributed by atoms with E-state index in [0.717, 1.165) is 15.4 Å². The second-order valence-corrected chi connectivity index (χ2v) is 6.56. The van der Waals surface area contributed by atoms with E-state index in [9.17, 15) is 18.8 Å². The lowest BCUT2D eigenvalue weighted by Crippen LogP contribution is -2.38. The van der Waals surface area contributed by atoms with Gasteiger partial charge in [0.25, 0.3) is 5.91 Å². The van der Waals surface area contributed by atoms with Crippen LogP contribution in [0.25, 0.3) is 6.08 Å². The summed E-state index contributed by atoms with van der Waals surface area (Å²) in [5.74, 6) is -1.89. The van der Waals surface area contributed by atoms with E-state index in [-0.39, 0.29) is 11.4 Å². The van der Waals surface area contributed by atoms with Crippen molar-refractivity contribution in [2.24, 2.45) is 0 Å². The minimum absolute atomic E-state index is 0.0146. The van der Waals surface area contributed by atoms with Crippen LogP contribution >= 0.6 is 11.8 Å². The zero-order chi connectivity index (χ0) is 19.4. The maximum atomic E-state index is 13.6. The number of nitrogens with one attached hydrogen (secondary N) is 2. The molecule has 0 aromatic heterocycles. The average Bonchev–Trinajstić information content (AvgIpc) is 2.91. The summed E-state index contributed by atoms with van der Waals surface area (Å²) in [7, 11) is 0. The molecule has 0 radical (unpaired) electrons. The van der Waals surface area contributed by atoms with Crippen LogP contribution in [0.4, 0.5) is 14.9 Å². The number of hydrogen-bond donors (Lipinski definition) is 2. The highest BCUT2D eigenvalue weighted by Crippen LogP contribution is 2.19.